The van der Waals surface area contributed by atoms with Crippen LogP contribution >= 0.6 is 11.8 Å². The van der Waals surface area contributed by atoms with Gasteiger partial charge in [-0.25, -0.2) is 0 Å². The molecule has 0 aliphatic carbocycles. The molecule has 1 rings (SSSR count). The Labute approximate surface area is 108 Å². The number of rotatable bonds is 5. The van der Waals surface area contributed by atoms with Crippen LogP contribution in [0.25, 0.3) is 0 Å². The largest absolute Gasteiger partial charge is 0.388 e. The van der Waals surface area contributed by atoms with Crippen LogP contribution in [0, 0.1) is 5.41 Å². The standard InChI is InChI=1S/C14H22N2S/c1-14(2,3)11-6-8-12(9-7-11)17-10-4-5-13(15)16/h6-9H,4-5,10H2,1-3H3,(H3,15,16). The first-order chi connectivity index (χ1) is 7.89. The summed E-state index contributed by atoms with van der Waals surface area (Å²) in [6.45, 7) is 6.67. The molecule has 0 unspecified atom stereocenters. The number of nitrogens with one attached hydrogen (secondary N) is 1. The van der Waals surface area contributed by atoms with Gasteiger partial charge >= 0.3 is 0 Å². The fraction of sp³-hybridized carbons (Fsp3) is 0.500. The molecule has 0 amide bonds. The highest BCUT2D eigenvalue weighted by atomic mass is 32.2. The van der Waals surface area contributed by atoms with Crippen LogP contribution in [0.1, 0.15) is 39.2 Å². The summed E-state index contributed by atoms with van der Waals surface area (Å²) in [5.41, 5.74) is 6.90. The van der Waals surface area contributed by atoms with E-state index in [4.69, 9.17) is 11.1 Å². The molecule has 0 aliphatic rings. The number of thioether (sulfide) groups is 1. The Kier molecular flexibility index (Phi) is 5.06. The van der Waals surface area contributed by atoms with Gasteiger partial charge in [0.15, 0.2) is 0 Å². The maximum absolute atomic E-state index is 7.14. The molecule has 3 N–H and O–H groups in total. The molecule has 0 saturated carbocycles. The maximum Gasteiger partial charge on any atom is 0.0905 e. The van der Waals surface area contributed by atoms with Crippen LogP contribution in [0.3, 0.4) is 0 Å². The molecule has 0 fully saturated rings. The molecule has 0 aliphatic heterocycles. The summed E-state index contributed by atoms with van der Waals surface area (Å²) in [5, 5.41) is 7.14. The van der Waals surface area contributed by atoms with E-state index < -0.39 is 0 Å². The van der Waals surface area contributed by atoms with Crippen molar-refractivity contribution in [2.45, 2.75) is 43.9 Å². The van der Waals surface area contributed by atoms with E-state index in [1.807, 2.05) is 11.8 Å². The highest BCUT2D eigenvalue weighted by Gasteiger charge is 2.12. The van der Waals surface area contributed by atoms with Crippen LogP contribution in [-0.4, -0.2) is 11.6 Å². The minimum Gasteiger partial charge on any atom is -0.388 e. The monoisotopic (exact) mass is 250 g/mol. The smallest absolute Gasteiger partial charge is 0.0905 e. The summed E-state index contributed by atoms with van der Waals surface area (Å²) in [6.07, 6.45) is 1.67. The van der Waals surface area contributed by atoms with E-state index in [1.165, 1.54) is 10.5 Å². The van der Waals surface area contributed by atoms with Crippen molar-refractivity contribution < 1.29 is 0 Å². The summed E-state index contributed by atoms with van der Waals surface area (Å²) in [5.74, 6) is 1.31. The third kappa shape index (κ3) is 5.26. The normalized spacial score (nSPS) is 11.5. The lowest BCUT2D eigenvalue weighted by Gasteiger charge is -2.19. The van der Waals surface area contributed by atoms with E-state index in [9.17, 15) is 0 Å². The van der Waals surface area contributed by atoms with Gasteiger partial charge in [-0.3, -0.25) is 5.41 Å². The zero-order valence-corrected chi connectivity index (χ0v) is 11.7. The van der Waals surface area contributed by atoms with Crippen LogP contribution in [0.2, 0.25) is 0 Å². The van der Waals surface area contributed by atoms with Gasteiger partial charge in [0.1, 0.15) is 0 Å². The Balaban J connectivity index is 2.43. The average Bonchev–Trinajstić information content (AvgIpc) is 2.23. The van der Waals surface area contributed by atoms with Crippen LogP contribution in [-0.2, 0) is 5.41 Å². The van der Waals surface area contributed by atoms with Crippen molar-refractivity contribution in [1.29, 1.82) is 5.41 Å². The molecule has 0 heterocycles. The first-order valence-electron chi connectivity index (χ1n) is 5.96. The summed E-state index contributed by atoms with van der Waals surface area (Å²) in [6, 6.07) is 8.76. The lowest BCUT2D eigenvalue weighted by atomic mass is 9.87. The maximum atomic E-state index is 7.14. The van der Waals surface area contributed by atoms with Crippen LogP contribution in [0.5, 0.6) is 0 Å². The second kappa shape index (κ2) is 6.10. The molecule has 0 radical (unpaired) electrons. The minimum absolute atomic E-state index is 0.220. The van der Waals surface area contributed by atoms with Gasteiger partial charge in [-0.05, 0) is 35.3 Å². The van der Waals surface area contributed by atoms with Gasteiger partial charge in [-0.2, -0.15) is 0 Å². The summed E-state index contributed by atoms with van der Waals surface area (Å²) >= 11 is 1.83. The van der Waals surface area contributed by atoms with Crippen LogP contribution in [0.15, 0.2) is 29.2 Å². The Morgan fingerprint density at radius 3 is 2.29 bits per heavy atom. The summed E-state index contributed by atoms with van der Waals surface area (Å²) in [4.78, 5) is 1.29. The zero-order chi connectivity index (χ0) is 12.9. The zero-order valence-electron chi connectivity index (χ0n) is 10.9. The lowest BCUT2D eigenvalue weighted by Crippen LogP contribution is -2.10. The SMILES string of the molecule is CC(C)(C)c1ccc(SCCCC(=N)N)cc1. The molecule has 17 heavy (non-hydrogen) atoms. The molecule has 0 atom stereocenters. The van der Waals surface area contributed by atoms with Crippen LogP contribution < -0.4 is 5.73 Å². The molecule has 0 aromatic heterocycles. The first-order valence-corrected chi connectivity index (χ1v) is 6.94. The van der Waals surface area contributed by atoms with Gasteiger partial charge in [0.25, 0.3) is 0 Å². The van der Waals surface area contributed by atoms with E-state index in [2.05, 4.69) is 45.0 Å². The molecule has 94 valence electrons. The molecule has 0 bridgehead atoms. The highest BCUT2D eigenvalue weighted by molar-refractivity contribution is 7.99. The van der Waals surface area contributed by atoms with Gasteiger partial charge in [0, 0.05) is 11.3 Å². The summed E-state index contributed by atoms with van der Waals surface area (Å²) in [7, 11) is 0. The Bertz CT molecular complexity index is 363. The van der Waals surface area contributed by atoms with E-state index in [0.29, 0.717) is 6.42 Å². The van der Waals surface area contributed by atoms with Crippen molar-refractivity contribution >= 4 is 17.6 Å². The van der Waals surface area contributed by atoms with Gasteiger partial charge in [-0.15, -0.1) is 11.8 Å². The molecular formula is C14H22N2S. The molecule has 1 aromatic carbocycles. The molecular weight excluding hydrogens is 228 g/mol. The third-order valence-electron chi connectivity index (χ3n) is 2.58. The van der Waals surface area contributed by atoms with Crippen LogP contribution in [0.4, 0.5) is 0 Å². The van der Waals surface area contributed by atoms with E-state index in [0.717, 1.165) is 12.2 Å². The number of benzene rings is 1. The molecule has 3 heteroatoms. The molecule has 0 spiro atoms. The number of hydrogen-bond donors (Lipinski definition) is 2. The number of amidine groups is 1. The predicted octanol–water partition coefficient (Wildman–Crippen LogP) is 3.79. The quantitative estimate of drug-likeness (QED) is 0.361. The number of hydrogen-bond acceptors (Lipinski definition) is 2. The lowest BCUT2D eigenvalue weighted by molar-refractivity contribution is 0.590. The predicted molar refractivity (Wildman–Crippen MR) is 77.0 cm³/mol. The van der Waals surface area contributed by atoms with Crippen molar-refractivity contribution in [3.63, 3.8) is 0 Å². The van der Waals surface area contributed by atoms with Crippen molar-refractivity contribution in [3.05, 3.63) is 29.8 Å². The van der Waals surface area contributed by atoms with E-state index in [1.54, 1.807) is 0 Å². The second-order valence-electron chi connectivity index (χ2n) is 5.25. The first kappa shape index (κ1) is 14.1. The van der Waals surface area contributed by atoms with Gasteiger partial charge < -0.3 is 5.73 Å². The second-order valence-corrected chi connectivity index (χ2v) is 6.42. The Morgan fingerprint density at radius 2 is 1.82 bits per heavy atom. The van der Waals surface area contributed by atoms with Crippen molar-refractivity contribution in [2.24, 2.45) is 5.73 Å². The van der Waals surface area contributed by atoms with Crippen molar-refractivity contribution in [1.82, 2.24) is 0 Å². The fourth-order valence-electron chi connectivity index (χ4n) is 1.50. The van der Waals surface area contributed by atoms with Crippen molar-refractivity contribution in [3.8, 4) is 0 Å². The van der Waals surface area contributed by atoms with Gasteiger partial charge in [0.05, 0.1) is 5.84 Å². The van der Waals surface area contributed by atoms with E-state index >= 15 is 0 Å². The molecule has 1 aromatic rings. The highest BCUT2D eigenvalue weighted by Crippen LogP contribution is 2.25. The van der Waals surface area contributed by atoms with Gasteiger partial charge in [-0.1, -0.05) is 32.9 Å². The van der Waals surface area contributed by atoms with Gasteiger partial charge in [0.2, 0.25) is 0 Å². The fourth-order valence-corrected chi connectivity index (χ4v) is 2.36. The summed E-state index contributed by atoms with van der Waals surface area (Å²) < 4.78 is 0. The number of nitrogens with two attached hydrogens (primary N) is 1. The Hall–Kier alpha value is -0.960. The minimum atomic E-state index is 0.220. The third-order valence-corrected chi connectivity index (χ3v) is 3.68. The van der Waals surface area contributed by atoms with E-state index in [-0.39, 0.29) is 11.3 Å². The molecule has 2 nitrogen and oxygen atoms in total. The Morgan fingerprint density at radius 1 is 1.24 bits per heavy atom. The topological polar surface area (TPSA) is 49.9 Å². The molecule has 0 saturated heterocycles. The van der Waals surface area contributed by atoms with Crippen molar-refractivity contribution in [2.75, 3.05) is 5.75 Å². The average molecular weight is 250 g/mol.